The Balaban J connectivity index is 2.35. The van der Waals surface area contributed by atoms with E-state index in [-0.39, 0.29) is 12.2 Å². The van der Waals surface area contributed by atoms with Gasteiger partial charge in [-0.25, -0.2) is 0 Å². The molecule has 3 aromatic rings. The molecule has 0 bridgehead atoms. The lowest BCUT2D eigenvalue weighted by molar-refractivity contribution is -0.137. The van der Waals surface area contributed by atoms with Crippen molar-refractivity contribution in [2.75, 3.05) is 0 Å². The highest BCUT2D eigenvalue weighted by Gasteiger charge is 2.36. The normalized spacial score (nSPS) is 11.3. The number of rotatable bonds is 3. The van der Waals surface area contributed by atoms with E-state index in [9.17, 15) is 23.2 Å². The Kier molecular flexibility index (Phi) is 5.34. The molecule has 0 radical (unpaired) electrons. The van der Waals surface area contributed by atoms with Crippen LogP contribution in [0.1, 0.15) is 33.4 Å². The van der Waals surface area contributed by atoms with Gasteiger partial charge in [0.2, 0.25) is 0 Å². The average Bonchev–Trinajstić information content (AvgIpc) is 2.65. The molecule has 1 heterocycles. The van der Waals surface area contributed by atoms with Crippen molar-refractivity contribution in [3.05, 3.63) is 92.3 Å². The van der Waals surface area contributed by atoms with E-state index in [1.165, 1.54) is 10.6 Å². The standard InChI is InChI=1S/C23H19F3N2O/c1-14-5-4-6-17(9-14)21-11-20(23(24,25)26)19(12-27)22(29)28(21)13-18-10-15(2)7-8-16(18)3/h4-11H,13H2,1-3H3. The molecule has 148 valence electrons. The summed E-state index contributed by atoms with van der Waals surface area (Å²) in [6, 6.07) is 15.0. The number of nitrogens with zero attached hydrogens (tertiary/aromatic N) is 2. The summed E-state index contributed by atoms with van der Waals surface area (Å²) < 4.78 is 42.0. The molecule has 0 spiro atoms. The molecule has 6 heteroatoms. The van der Waals surface area contributed by atoms with E-state index in [4.69, 9.17) is 0 Å². The van der Waals surface area contributed by atoms with Crippen LogP contribution in [0, 0.1) is 32.1 Å². The highest BCUT2D eigenvalue weighted by Crippen LogP contribution is 2.34. The topological polar surface area (TPSA) is 45.8 Å². The lowest BCUT2D eigenvalue weighted by atomic mass is 10.0. The van der Waals surface area contributed by atoms with Crippen LogP contribution in [-0.2, 0) is 12.7 Å². The second kappa shape index (κ2) is 7.59. The van der Waals surface area contributed by atoms with Crippen LogP contribution in [-0.4, -0.2) is 4.57 Å². The molecular formula is C23H19F3N2O. The number of alkyl halides is 3. The van der Waals surface area contributed by atoms with Crippen LogP contribution in [0.25, 0.3) is 11.3 Å². The number of halogens is 3. The third-order valence-corrected chi connectivity index (χ3v) is 4.86. The summed E-state index contributed by atoms with van der Waals surface area (Å²) in [5.74, 6) is 0. The van der Waals surface area contributed by atoms with Crippen molar-refractivity contribution < 1.29 is 13.2 Å². The summed E-state index contributed by atoms with van der Waals surface area (Å²) in [6.07, 6.45) is -4.80. The van der Waals surface area contributed by atoms with E-state index in [0.29, 0.717) is 5.56 Å². The van der Waals surface area contributed by atoms with E-state index >= 15 is 0 Å². The summed E-state index contributed by atoms with van der Waals surface area (Å²) in [4.78, 5) is 13.0. The van der Waals surface area contributed by atoms with Gasteiger partial charge in [-0.15, -0.1) is 0 Å². The first-order valence-corrected chi connectivity index (χ1v) is 9.00. The molecule has 0 aliphatic carbocycles. The molecule has 0 atom stereocenters. The summed E-state index contributed by atoms with van der Waals surface area (Å²) in [5.41, 5.74) is 1.13. The van der Waals surface area contributed by atoms with Gasteiger partial charge in [0.15, 0.2) is 0 Å². The quantitative estimate of drug-likeness (QED) is 0.597. The van der Waals surface area contributed by atoms with Crippen LogP contribution in [0.3, 0.4) is 0 Å². The molecule has 29 heavy (non-hydrogen) atoms. The summed E-state index contributed by atoms with van der Waals surface area (Å²) in [6.45, 7) is 5.68. The van der Waals surface area contributed by atoms with Gasteiger partial charge < -0.3 is 4.57 Å². The Labute approximate surface area is 166 Å². The van der Waals surface area contributed by atoms with Gasteiger partial charge in [-0.2, -0.15) is 18.4 Å². The van der Waals surface area contributed by atoms with Gasteiger partial charge in [0.1, 0.15) is 11.6 Å². The van der Waals surface area contributed by atoms with Crippen LogP contribution >= 0.6 is 0 Å². The van der Waals surface area contributed by atoms with Crippen molar-refractivity contribution in [3.63, 3.8) is 0 Å². The molecular weight excluding hydrogens is 377 g/mol. The number of benzene rings is 2. The molecule has 3 rings (SSSR count). The summed E-state index contributed by atoms with van der Waals surface area (Å²) in [7, 11) is 0. The lowest BCUT2D eigenvalue weighted by Gasteiger charge is -2.19. The van der Waals surface area contributed by atoms with Gasteiger partial charge >= 0.3 is 6.18 Å². The first-order valence-electron chi connectivity index (χ1n) is 9.00. The largest absolute Gasteiger partial charge is 0.417 e. The van der Waals surface area contributed by atoms with Crippen molar-refractivity contribution in [1.29, 1.82) is 5.26 Å². The summed E-state index contributed by atoms with van der Waals surface area (Å²) in [5, 5.41) is 9.29. The monoisotopic (exact) mass is 396 g/mol. The van der Waals surface area contributed by atoms with Gasteiger partial charge in [0.25, 0.3) is 5.56 Å². The molecule has 3 nitrogen and oxygen atoms in total. The van der Waals surface area contributed by atoms with Crippen LogP contribution in [0.2, 0.25) is 0 Å². The minimum atomic E-state index is -4.80. The first kappa shape index (κ1) is 20.4. The summed E-state index contributed by atoms with van der Waals surface area (Å²) >= 11 is 0. The SMILES string of the molecule is Cc1cccc(-c2cc(C(F)(F)F)c(C#N)c(=O)n2Cc2cc(C)ccc2C)c1. The van der Waals surface area contributed by atoms with E-state index in [2.05, 4.69) is 0 Å². The third-order valence-electron chi connectivity index (χ3n) is 4.86. The Morgan fingerprint density at radius 2 is 1.69 bits per heavy atom. The molecule has 0 N–H and O–H groups in total. The second-order valence-electron chi connectivity index (χ2n) is 7.12. The maximum absolute atomic E-state index is 13.6. The predicted octanol–water partition coefficient (Wildman–Crippen LogP) is 5.38. The molecule has 0 amide bonds. The maximum atomic E-state index is 13.6. The van der Waals surface area contributed by atoms with Gasteiger partial charge in [-0.3, -0.25) is 4.79 Å². The van der Waals surface area contributed by atoms with Gasteiger partial charge in [-0.1, -0.05) is 47.5 Å². The lowest BCUT2D eigenvalue weighted by Crippen LogP contribution is -2.29. The fourth-order valence-electron chi connectivity index (χ4n) is 3.32. The molecule has 0 aliphatic rings. The van der Waals surface area contributed by atoms with E-state index < -0.39 is 22.9 Å². The molecule has 0 saturated heterocycles. The second-order valence-corrected chi connectivity index (χ2v) is 7.12. The van der Waals surface area contributed by atoms with Crippen LogP contribution in [0.5, 0.6) is 0 Å². The van der Waals surface area contributed by atoms with Crippen molar-refractivity contribution >= 4 is 0 Å². The molecule has 0 saturated carbocycles. The number of hydrogen-bond donors (Lipinski definition) is 0. The first-order chi connectivity index (χ1) is 13.6. The van der Waals surface area contributed by atoms with Crippen LogP contribution in [0.15, 0.2) is 53.3 Å². The Morgan fingerprint density at radius 1 is 1.00 bits per heavy atom. The number of nitriles is 1. The molecule has 0 aliphatic heterocycles. The molecule has 0 unspecified atom stereocenters. The highest BCUT2D eigenvalue weighted by molar-refractivity contribution is 5.63. The average molecular weight is 396 g/mol. The predicted molar refractivity (Wildman–Crippen MR) is 106 cm³/mol. The molecule has 0 fully saturated rings. The number of aryl methyl sites for hydroxylation is 3. The van der Waals surface area contributed by atoms with Crippen molar-refractivity contribution in [1.82, 2.24) is 4.57 Å². The zero-order valence-electron chi connectivity index (χ0n) is 16.3. The van der Waals surface area contributed by atoms with E-state index in [1.54, 1.807) is 18.2 Å². The van der Waals surface area contributed by atoms with Gasteiger partial charge in [0, 0.05) is 0 Å². The fourth-order valence-corrected chi connectivity index (χ4v) is 3.32. The fraction of sp³-hybridized carbons (Fsp3) is 0.217. The zero-order chi connectivity index (χ0) is 21.3. The minimum absolute atomic E-state index is 0.0719. The zero-order valence-corrected chi connectivity index (χ0v) is 16.3. The van der Waals surface area contributed by atoms with E-state index in [0.717, 1.165) is 28.3 Å². The molecule has 2 aromatic carbocycles. The molecule has 1 aromatic heterocycles. The third kappa shape index (κ3) is 4.09. The maximum Gasteiger partial charge on any atom is 0.417 e. The highest BCUT2D eigenvalue weighted by atomic mass is 19.4. The van der Waals surface area contributed by atoms with Gasteiger partial charge in [0.05, 0.1) is 17.8 Å². The van der Waals surface area contributed by atoms with E-state index in [1.807, 2.05) is 45.0 Å². The minimum Gasteiger partial charge on any atom is -0.303 e. The van der Waals surface area contributed by atoms with Crippen LogP contribution < -0.4 is 5.56 Å². The van der Waals surface area contributed by atoms with Crippen LogP contribution in [0.4, 0.5) is 13.2 Å². The number of aromatic nitrogens is 1. The number of hydrogen-bond acceptors (Lipinski definition) is 2. The van der Waals surface area contributed by atoms with Crippen molar-refractivity contribution in [3.8, 4) is 17.3 Å². The number of pyridine rings is 1. The van der Waals surface area contributed by atoms with Crippen molar-refractivity contribution in [2.45, 2.75) is 33.5 Å². The Bertz CT molecular complexity index is 1180. The Hall–Kier alpha value is -3.33. The smallest absolute Gasteiger partial charge is 0.303 e. The Morgan fingerprint density at radius 3 is 2.31 bits per heavy atom. The van der Waals surface area contributed by atoms with Gasteiger partial charge in [-0.05, 0) is 49.6 Å². The van der Waals surface area contributed by atoms with Crippen molar-refractivity contribution in [2.24, 2.45) is 0 Å².